The zero-order valence-electron chi connectivity index (χ0n) is 12.5. The third-order valence-electron chi connectivity index (χ3n) is 3.43. The molecule has 0 bridgehead atoms. The van der Waals surface area contributed by atoms with Crippen LogP contribution in [0, 0.1) is 0 Å². The van der Waals surface area contributed by atoms with E-state index in [1.165, 1.54) is 38.5 Å². The van der Waals surface area contributed by atoms with Crippen LogP contribution >= 0.6 is 0 Å². The predicted octanol–water partition coefficient (Wildman–Crippen LogP) is 4.86. The molecule has 2 heteroatoms. The van der Waals surface area contributed by atoms with Crippen LogP contribution in [0.1, 0.15) is 56.9 Å². The number of allylic oxidation sites excluding steroid dienone is 1. The van der Waals surface area contributed by atoms with Gasteiger partial charge in [-0.3, -0.25) is 0 Å². The highest BCUT2D eigenvalue weighted by atomic mass is 16.5. The van der Waals surface area contributed by atoms with Gasteiger partial charge in [0.15, 0.2) is 0 Å². The Morgan fingerprint density at radius 1 is 0.900 bits per heavy atom. The number of hydrogen-bond donors (Lipinski definition) is 1. The Morgan fingerprint density at radius 3 is 2.10 bits per heavy atom. The van der Waals surface area contributed by atoms with Crippen molar-refractivity contribution in [2.45, 2.75) is 58.0 Å². The van der Waals surface area contributed by atoms with E-state index in [1.54, 1.807) is 0 Å². The number of benzene rings is 1. The number of unbranched alkanes of at least 4 members (excludes halogenated alkanes) is 7. The first-order valence-electron chi connectivity index (χ1n) is 7.80. The van der Waals surface area contributed by atoms with E-state index in [1.807, 2.05) is 30.3 Å². The Balaban J connectivity index is 1.92. The first-order chi connectivity index (χ1) is 9.86. The third kappa shape index (κ3) is 8.00. The Labute approximate surface area is 123 Å². The summed E-state index contributed by atoms with van der Waals surface area (Å²) in [5, 5.41) is 8.95. The number of ether oxygens (including phenoxy) is 1. The second-order valence-electron chi connectivity index (χ2n) is 5.20. The smallest absolute Gasteiger partial charge is 0.119 e. The molecule has 112 valence electrons. The maximum absolute atomic E-state index is 8.95. The highest BCUT2D eigenvalue weighted by Crippen LogP contribution is 2.13. The van der Waals surface area contributed by atoms with Crippen molar-refractivity contribution in [2.24, 2.45) is 0 Å². The molecule has 0 saturated heterocycles. The molecule has 0 unspecified atom stereocenters. The average molecular weight is 276 g/mol. The van der Waals surface area contributed by atoms with Gasteiger partial charge in [0, 0.05) is 0 Å². The molecule has 1 aromatic rings. The Bertz CT molecular complexity index is 343. The van der Waals surface area contributed by atoms with Crippen LogP contribution in [0.2, 0.25) is 0 Å². The topological polar surface area (TPSA) is 29.5 Å². The first kappa shape index (κ1) is 16.8. The molecule has 0 fully saturated rings. The van der Waals surface area contributed by atoms with Crippen molar-refractivity contribution in [2.75, 3.05) is 6.61 Å². The van der Waals surface area contributed by atoms with E-state index < -0.39 is 0 Å². The zero-order valence-corrected chi connectivity index (χ0v) is 12.5. The molecule has 0 radical (unpaired) electrons. The summed E-state index contributed by atoms with van der Waals surface area (Å²) in [6, 6.07) is 7.65. The number of aliphatic hydroxyl groups excluding tert-OH is 1. The van der Waals surface area contributed by atoms with Crippen LogP contribution in [0.3, 0.4) is 0 Å². The lowest BCUT2D eigenvalue weighted by atomic mass is 10.1. The highest BCUT2D eigenvalue weighted by molar-refractivity contribution is 5.26. The van der Waals surface area contributed by atoms with E-state index in [4.69, 9.17) is 9.84 Å². The number of aliphatic hydroxyl groups is 1. The molecule has 0 saturated carbocycles. The van der Waals surface area contributed by atoms with Crippen molar-refractivity contribution in [3.05, 3.63) is 42.5 Å². The van der Waals surface area contributed by atoms with Gasteiger partial charge in [-0.15, -0.1) is 6.58 Å². The predicted molar refractivity (Wildman–Crippen MR) is 85.0 cm³/mol. The molecule has 1 aromatic carbocycles. The number of rotatable bonds is 12. The van der Waals surface area contributed by atoms with Crippen molar-refractivity contribution in [3.8, 4) is 5.75 Å². The van der Waals surface area contributed by atoms with Crippen LogP contribution in [-0.2, 0) is 6.61 Å². The lowest BCUT2D eigenvalue weighted by molar-refractivity contribution is 0.281. The monoisotopic (exact) mass is 276 g/mol. The summed E-state index contributed by atoms with van der Waals surface area (Å²) in [6.07, 6.45) is 12.1. The fourth-order valence-electron chi connectivity index (χ4n) is 2.16. The van der Waals surface area contributed by atoms with Crippen molar-refractivity contribution in [1.82, 2.24) is 0 Å². The summed E-state index contributed by atoms with van der Waals surface area (Å²) in [6.45, 7) is 4.61. The molecule has 1 rings (SSSR count). The average Bonchev–Trinajstić information content (AvgIpc) is 2.50. The quantitative estimate of drug-likeness (QED) is 0.436. The van der Waals surface area contributed by atoms with Gasteiger partial charge in [0.25, 0.3) is 0 Å². The first-order valence-corrected chi connectivity index (χ1v) is 7.80. The molecule has 0 aliphatic carbocycles. The summed E-state index contributed by atoms with van der Waals surface area (Å²) in [4.78, 5) is 0. The maximum atomic E-state index is 8.95. The van der Waals surface area contributed by atoms with Crippen LogP contribution in [0.15, 0.2) is 36.9 Å². The summed E-state index contributed by atoms with van der Waals surface area (Å²) in [7, 11) is 0. The van der Waals surface area contributed by atoms with Gasteiger partial charge >= 0.3 is 0 Å². The van der Waals surface area contributed by atoms with E-state index in [0.29, 0.717) is 0 Å². The SMILES string of the molecule is C=CCCCCCCCCCOc1ccc(CO)cc1. The van der Waals surface area contributed by atoms with Gasteiger partial charge in [-0.2, -0.15) is 0 Å². The van der Waals surface area contributed by atoms with E-state index in [-0.39, 0.29) is 6.61 Å². The van der Waals surface area contributed by atoms with Crippen molar-refractivity contribution in [3.63, 3.8) is 0 Å². The molecule has 0 atom stereocenters. The van der Waals surface area contributed by atoms with Crippen LogP contribution in [0.25, 0.3) is 0 Å². The fraction of sp³-hybridized carbons (Fsp3) is 0.556. The normalized spacial score (nSPS) is 10.4. The molecule has 0 aliphatic rings. The molecule has 1 N–H and O–H groups in total. The minimum Gasteiger partial charge on any atom is -0.494 e. The van der Waals surface area contributed by atoms with Crippen molar-refractivity contribution >= 4 is 0 Å². The van der Waals surface area contributed by atoms with Gasteiger partial charge in [0.2, 0.25) is 0 Å². The fourth-order valence-corrected chi connectivity index (χ4v) is 2.16. The van der Waals surface area contributed by atoms with Crippen LogP contribution in [-0.4, -0.2) is 11.7 Å². The molecule has 0 amide bonds. The Morgan fingerprint density at radius 2 is 1.50 bits per heavy atom. The van der Waals surface area contributed by atoms with Gasteiger partial charge in [-0.25, -0.2) is 0 Å². The van der Waals surface area contributed by atoms with Gasteiger partial charge < -0.3 is 9.84 Å². The summed E-state index contributed by atoms with van der Waals surface area (Å²) in [5.41, 5.74) is 0.925. The van der Waals surface area contributed by atoms with Crippen molar-refractivity contribution < 1.29 is 9.84 Å². The molecule has 0 aromatic heterocycles. The van der Waals surface area contributed by atoms with Crippen molar-refractivity contribution in [1.29, 1.82) is 0 Å². The van der Waals surface area contributed by atoms with Gasteiger partial charge in [-0.1, -0.05) is 50.3 Å². The summed E-state index contributed by atoms with van der Waals surface area (Å²) < 4.78 is 5.67. The summed E-state index contributed by atoms with van der Waals surface area (Å²) in [5.74, 6) is 0.895. The van der Waals surface area contributed by atoms with Crippen LogP contribution in [0.4, 0.5) is 0 Å². The molecule has 0 heterocycles. The zero-order chi connectivity index (χ0) is 14.5. The van der Waals surface area contributed by atoms with E-state index in [9.17, 15) is 0 Å². The second kappa shape index (κ2) is 11.5. The minimum atomic E-state index is 0.0904. The lowest BCUT2D eigenvalue weighted by Crippen LogP contribution is -1.97. The van der Waals surface area contributed by atoms with Gasteiger partial charge in [0.05, 0.1) is 13.2 Å². The highest BCUT2D eigenvalue weighted by Gasteiger charge is 1.95. The number of hydrogen-bond acceptors (Lipinski definition) is 2. The molecular formula is C18H28O2. The van der Waals surface area contributed by atoms with Gasteiger partial charge in [-0.05, 0) is 37.0 Å². The minimum absolute atomic E-state index is 0.0904. The van der Waals surface area contributed by atoms with Crippen LogP contribution in [0.5, 0.6) is 5.75 Å². The van der Waals surface area contributed by atoms with E-state index in [2.05, 4.69) is 6.58 Å². The summed E-state index contributed by atoms with van der Waals surface area (Å²) >= 11 is 0. The standard InChI is InChI=1S/C18H28O2/c1-2-3-4-5-6-7-8-9-10-15-20-18-13-11-17(16-19)12-14-18/h2,11-14,19H,1,3-10,15-16H2. The largest absolute Gasteiger partial charge is 0.494 e. The second-order valence-corrected chi connectivity index (χ2v) is 5.20. The molecule has 0 aliphatic heterocycles. The molecular weight excluding hydrogens is 248 g/mol. The molecule has 0 spiro atoms. The van der Waals surface area contributed by atoms with Gasteiger partial charge in [0.1, 0.15) is 5.75 Å². The Hall–Kier alpha value is -1.28. The molecule has 20 heavy (non-hydrogen) atoms. The molecule has 2 nitrogen and oxygen atoms in total. The lowest BCUT2D eigenvalue weighted by Gasteiger charge is -2.06. The Kier molecular flexibility index (Phi) is 9.68. The van der Waals surface area contributed by atoms with Crippen LogP contribution < -0.4 is 4.74 Å². The van der Waals surface area contributed by atoms with E-state index >= 15 is 0 Å². The van der Waals surface area contributed by atoms with E-state index in [0.717, 1.165) is 30.8 Å². The third-order valence-corrected chi connectivity index (χ3v) is 3.43. The maximum Gasteiger partial charge on any atom is 0.119 e.